The average Bonchev–Trinajstić information content (AvgIpc) is 2.52. The van der Waals surface area contributed by atoms with Gasteiger partial charge >= 0.3 is 5.97 Å². The highest BCUT2D eigenvalue weighted by Crippen LogP contribution is 2.20. The molecule has 0 bridgehead atoms. The van der Waals surface area contributed by atoms with Gasteiger partial charge in [0.2, 0.25) is 0 Å². The monoisotopic (exact) mass is 306 g/mol. The number of carbonyl (C=O) groups excluding carboxylic acids is 1. The Morgan fingerprint density at radius 2 is 2.00 bits per heavy atom. The summed E-state index contributed by atoms with van der Waals surface area (Å²) in [6.45, 7) is 10.3. The SMILES string of the molecule is CCOC(=O)C1CC[NH+](CCOc2cccc(C)c2C)CC1. The molecule has 0 amide bonds. The molecule has 0 atom stereocenters. The number of hydrogen-bond acceptors (Lipinski definition) is 3. The lowest BCUT2D eigenvalue weighted by atomic mass is 9.97. The third kappa shape index (κ3) is 4.47. The Labute approximate surface area is 133 Å². The van der Waals surface area contributed by atoms with Crippen LogP contribution >= 0.6 is 0 Å². The van der Waals surface area contributed by atoms with E-state index in [1.165, 1.54) is 16.0 Å². The number of aryl methyl sites for hydroxylation is 1. The summed E-state index contributed by atoms with van der Waals surface area (Å²) in [4.78, 5) is 13.2. The molecule has 1 aliphatic rings. The molecular formula is C18H28NO3+. The van der Waals surface area contributed by atoms with Gasteiger partial charge in [-0.25, -0.2) is 0 Å². The number of carbonyl (C=O) groups is 1. The van der Waals surface area contributed by atoms with Gasteiger partial charge in [0.05, 0.1) is 25.6 Å². The lowest BCUT2D eigenvalue weighted by Gasteiger charge is -2.28. The van der Waals surface area contributed by atoms with Crippen molar-refractivity contribution in [1.29, 1.82) is 0 Å². The van der Waals surface area contributed by atoms with Crippen molar-refractivity contribution in [3.63, 3.8) is 0 Å². The lowest BCUT2D eigenvalue weighted by Crippen LogP contribution is -3.13. The maximum atomic E-state index is 11.7. The first-order chi connectivity index (χ1) is 10.6. The number of rotatable bonds is 6. The van der Waals surface area contributed by atoms with Gasteiger partial charge in [0, 0.05) is 12.8 Å². The van der Waals surface area contributed by atoms with Gasteiger partial charge in [-0.05, 0) is 38.0 Å². The third-order valence-electron chi connectivity index (χ3n) is 4.58. The number of likely N-dealkylation sites (tertiary alicyclic amines) is 1. The first-order valence-corrected chi connectivity index (χ1v) is 8.31. The first-order valence-electron chi connectivity index (χ1n) is 8.31. The summed E-state index contributed by atoms with van der Waals surface area (Å²) >= 11 is 0. The molecule has 0 radical (unpaired) electrons. The molecule has 4 nitrogen and oxygen atoms in total. The molecule has 0 saturated carbocycles. The fraction of sp³-hybridized carbons (Fsp3) is 0.611. The molecule has 1 aromatic rings. The zero-order chi connectivity index (χ0) is 15.9. The molecule has 22 heavy (non-hydrogen) atoms. The molecule has 0 aromatic heterocycles. The van der Waals surface area contributed by atoms with Gasteiger partial charge in [0.1, 0.15) is 18.9 Å². The zero-order valence-electron chi connectivity index (χ0n) is 14.0. The standard InChI is InChI=1S/C18H27NO3/c1-4-21-18(20)16-8-10-19(11-9-16)12-13-22-17-7-5-6-14(2)15(17)3/h5-7,16H,4,8-13H2,1-3H3/p+1. The fourth-order valence-electron chi connectivity index (χ4n) is 2.96. The van der Waals surface area contributed by atoms with E-state index in [1.807, 2.05) is 19.1 Å². The largest absolute Gasteiger partial charge is 0.487 e. The molecule has 0 unspecified atom stereocenters. The molecule has 1 aliphatic heterocycles. The zero-order valence-corrected chi connectivity index (χ0v) is 14.0. The Balaban J connectivity index is 1.71. The van der Waals surface area contributed by atoms with Gasteiger partial charge in [-0.2, -0.15) is 0 Å². The van der Waals surface area contributed by atoms with Crippen LogP contribution in [0.1, 0.15) is 30.9 Å². The number of nitrogens with one attached hydrogen (secondary N) is 1. The summed E-state index contributed by atoms with van der Waals surface area (Å²) in [5.41, 5.74) is 2.48. The van der Waals surface area contributed by atoms with Crippen LogP contribution in [0.2, 0.25) is 0 Å². The molecule has 1 aromatic carbocycles. The third-order valence-corrected chi connectivity index (χ3v) is 4.58. The molecule has 2 rings (SSSR count). The van der Waals surface area contributed by atoms with Gasteiger partial charge in [-0.15, -0.1) is 0 Å². The van der Waals surface area contributed by atoms with Crippen LogP contribution in [0.3, 0.4) is 0 Å². The fourth-order valence-corrected chi connectivity index (χ4v) is 2.96. The van der Waals surface area contributed by atoms with Gasteiger partial charge in [-0.3, -0.25) is 4.79 Å². The van der Waals surface area contributed by atoms with E-state index in [1.54, 1.807) is 0 Å². The Kier molecular flexibility index (Phi) is 6.25. The smallest absolute Gasteiger partial charge is 0.309 e. The second kappa shape index (κ2) is 8.18. The summed E-state index contributed by atoms with van der Waals surface area (Å²) < 4.78 is 11.0. The normalized spacial score (nSPS) is 21.4. The van der Waals surface area contributed by atoms with E-state index in [4.69, 9.17) is 9.47 Å². The van der Waals surface area contributed by atoms with E-state index in [2.05, 4.69) is 19.9 Å². The maximum Gasteiger partial charge on any atom is 0.309 e. The number of benzene rings is 1. The number of piperidine rings is 1. The molecule has 4 heteroatoms. The van der Waals surface area contributed by atoms with E-state index < -0.39 is 0 Å². The van der Waals surface area contributed by atoms with E-state index in [-0.39, 0.29) is 11.9 Å². The maximum absolute atomic E-state index is 11.7. The minimum absolute atomic E-state index is 0.0202. The molecule has 1 heterocycles. The van der Waals surface area contributed by atoms with Crippen molar-refractivity contribution in [2.75, 3.05) is 32.8 Å². The highest BCUT2D eigenvalue weighted by Gasteiger charge is 2.28. The molecule has 1 fully saturated rings. The van der Waals surface area contributed by atoms with Crippen molar-refractivity contribution >= 4 is 5.97 Å². The Hall–Kier alpha value is -1.55. The molecule has 1 saturated heterocycles. The second-order valence-electron chi connectivity index (χ2n) is 6.07. The van der Waals surface area contributed by atoms with Crippen LogP contribution in [-0.4, -0.2) is 38.8 Å². The first kappa shape index (κ1) is 16.8. The van der Waals surface area contributed by atoms with Crippen molar-refractivity contribution in [2.24, 2.45) is 5.92 Å². The van der Waals surface area contributed by atoms with Crippen molar-refractivity contribution < 1.29 is 19.2 Å². The highest BCUT2D eigenvalue weighted by atomic mass is 16.5. The van der Waals surface area contributed by atoms with Crippen LogP contribution in [0.4, 0.5) is 0 Å². The average molecular weight is 306 g/mol. The van der Waals surface area contributed by atoms with Crippen LogP contribution in [0, 0.1) is 19.8 Å². The molecule has 0 spiro atoms. The van der Waals surface area contributed by atoms with E-state index in [0.29, 0.717) is 6.61 Å². The van der Waals surface area contributed by atoms with Gasteiger partial charge < -0.3 is 14.4 Å². The Morgan fingerprint density at radius 1 is 1.27 bits per heavy atom. The van der Waals surface area contributed by atoms with Crippen molar-refractivity contribution in [3.05, 3.63) is 29.3 Å². The minimum Gasteiger partial charge on any atom is -0.487 e. The van der Waals surface area contributed by atoms with Crippen molar-refractivity contribution in [3.8, 4) is 5.75 Å². The van der Waals surface area contributed by atoms with Crippen molar-refractivity contribution in [2.45, 2.75) is 33.6 Å². The van der Waals surface area contributed by atoms with Gasteiger partial charge in [-0.1, -0.05) is 12.1 Å². The van der Waals surface area contributed by atoms with Crippen molar-refractivity contribution in [1.82, 2.24) is 0 Å². The van der Waals surface area contributed by atoms with E-state index in [9.17, 15) is 4.79 Å². The molecule has 1 N–H and O–H groups in total. The summed E-state index contributed by atoms with van der Waals surface area (Å²) in [6, 6.07) is 6.17. The highest BCUT2D eigenvalue weighted by molar-refractivity contribution is 5.72. The predicted octanol–water partition coefficient (Wildman–Crippen LogP) is 1.54. The molecular weight excluding hydrogens is 278 g/mol. The summed E-state index contributed by atoms with van der Waals surface area (Å²) in [5.74, 6) is 1.07. The van der Waals surface area contributed by atoms with Crippen LogP contribution < -0.4 is 9.64 Å². The number of quaternary nitrogens is 1. The summed E-state index contributed by atoms with van der Waals surface area (Å²) in [6.07, 6.45) is 1.86. The van der Waals surface area contributed by atoms with Crippen LogP contribution in [0.15, 0.2) is 18.2 Å². The number of ether oxygens (including phenoxy) is 2. The topological polar surface area (TPSA) is 40.0 Å². The summed E-state index contributed by atoms with van der Waals surface area (Å²) in [5, 5.41) is 0. The van der Waals surface area contributed by atoms with Crippen LogP contribution in [-0.2, 0) is 9.53 Å². The minimum atomic E-state index is -0.0202. The molecule has 0 aliphatic carbocycles. The molecule has 122 valence electrons. The lowest BCUT2D eigenvalue weighted by molar-refractivity contribution is -0.905. The Bertz CT molecular complexity index is 493. The summed E-state index contributed by atoms with van der Waals surface area (Å²) in [7, 11) is 0. The Morgan fingerprint density at radius 3 is 2.68 bits per heavy atom. The van der Waals surface area contributed by atoms with E-state index >= 15 is 0 Å². The second-order valence-corrected chi connectivity index (χ2v) is 6.07. The van der Waals surface area contributed by atoms with Crippen LogP contribution in [0.25, 0.3) is 0 Å². The quantitative estimate of drug-likeness (QED) is 0.811. The van der Waals surface area contributed by atoms with Crippen LogP contribution in [0.5, 0.6) is 5.75 Å². The predicted molar refractivity (Wildman–Crippen MR) is 86.3 cm³/mol. The van der Waals surface area contributed by atoms with Gasteiger partial charge in [0.15, 0.2) is 0 Å². The van der Waals surface area contributed by atoms with E-state index in [0.717, 1.165) is 44.8 Å². The van der Waals surface area contributed by atoms with Gasteiger partial charge in [0.25, 0.3) is 0 Å². The number of esters is 1. The number of hydrogen-bond donors (Lipinski definition) is 1.